The van der Waals surface area contributed by atoms with Gasteiger partial charge in [-0.25, -0.2) is 10.1 Å². The van der Waals surface area contributed by atoms with Crippen LogP contribution in [-0.2, 0) is 0 Å². The SMILES string of the molecule is O=C(N/N=C\c1cn(-c2ccccc2)nc1-c1ccco1)c1cccc(O)c1. The molecule has 138 valence electrons. The minimum Gasteiger partial charge on any atom is -0.508 e. The molecule has 0 aliphatic rings. The van der Waals surface area contributed by atoms with Gasteiger partial charge < -0.3 is 9.52 Å². The number of aromatic nitrogens is 2. The molecule has 0 aliphatic heterocycles. The van der Waals surface area contributed by atoms with E-state index in [9.17, 15) is 9.90 Å². The number of nitrogens with one attached hydrogen (secondary N) is 1. The Balaban J connectivity index is 1.60. The summed E-state index contributed by atoms with van der Waals surface area (Å²) >= 11 is 0. The van der Waals surface area contributed by atoms with Crippen LogP contribution in [0.15, 0.2) is 88.7 Å². The number of benzene rings is 2. The van der Waals surface area contributed by atoms with Crippen molar-refractivity contribution in [1.82, 2.24) is 15.2 Å². The van der Waals surface area contributed by atoms with E-state index >= 15 is 0 Å². The molecule has 4 aromatic rings. The standard InChI is InChI=1S/C21H16N4O3/c26-18-9-4-6-15(12-18)21(27)23-22-13-16-14-25(17-7-2-1-3-8-17)24-20(16)19-10-5-11-28-19/h1-14,26H,(H,23,27)/b22-13-. The fourth-order valence-electron chi connectivity index (χ4n) is 2.67. The highest BCUT2D eigenvalue weighted by atomic mass is 16.3. The third kappa shape index (κ3) is 3.68. The molecule has 0 radical (unpaired) electrons. The van der Waals surface area contributed by atoms with Crippen molar-refractivity contribution in [3.8, 4) is 22.9 Å². The van der Waals surface area contributed by atoms with E-state index in [-0.39, 0.29) is 5.75 Å². The van der Waals surface area contributed by atoms with Gasteiger partial charge in [0.2, 0.25) is 0 Å². The molecule has 7 heteroatoms. The normalized spacial score (nSPS) is 11.0. The highest BCUT2D eigenvalue weighted by Crippen LogP contribution is 2.23. The lowest BCUT2D eigenvalue weighted by Crippen LogP contribution is -2.17. The first-order valence-electron chi connectivity index (χ1n) is 8.52. The molecule has 0 spiro atoms. The zero-order chi connectivity index (χ0) is 19.3. The monoisotopic (exact) mass is 372 g/mol. The van der Waals surface area contributed by atoms with Gasteiger partial charge in [0.25, 0.3) is 5.91 Å². The molecule has 0 saturated carbocycles. The van der Waals surface area contributed by atoms with E-state index in [1.165, 1.54) is 18.3 Å². The van der Waals surface area contributed by atoms with E-state index in [0.717, 1.165) is 5.69 Å². The average Bonchev–Trinajstić information content (AvgIpc) is 3.38. The van der Waals surface area contributed by atoms with Gasteiger partial charge in [0.05, 0.1) is 18.2 Å². The molecule has 0 atom stereocenters. The third-order valence-corrected chi connectivity index (χ3v) is 4.00. The maximum absolute atomic E-state index is 12.2. The lowest BCUT2D eigenvalue weighted by atomic mass is 10.2. The van der Waals surface area contributed by atoms with Crippen molar-refractivity contribution in [2.24, 2.45) is 5.10 Å². The van der Waals surface area contributed by atoms with Crippen LogP contribution < -0.4 is 5.43 Å². The smallest absolute Gasteiger partial charge is 0.271 e. The Kier molecular flexibility index (Phi) is 4.71. The Hall–Kier alpha value is -4.13. The first kappa shape index (κ1) is 17.3. The molecule has 2 heterocycles. The number of hydrogen-bond acceptors (Lipinski definition) is 5. The van der Waals surface area contributed by atoms with Crippen LogP contribution in [0.3, 0.4) is 0 Å². The highest BCUT2D eigenvalue weighted by molar-refractivity contribution is 5.95. The zero-order valence-corrected chi connectivity index (χ0v) is 14.7. The first-order valence-corrected chi connectivity index (χ1v) is 8.52. The Labute approximate surface area is 160 Å². The molecule has 2 aromatic carbocycles. The molecular formula is C21H16N4O3. The van der Waals surface area contributed by atoms with Gasteiger partial charge in [0.1, 0.15) is 11.4 Å². The van der Waals surface area contributed by atoms with Crippen molar-refractivity contribution in [1.29, 1.82) is 0 Å². The number of furan rings is 1. The van der Waals surface area contributed by atoms with Crippen molar-refractivity contribution in [3.05, 3.63) is 90.3 Å². The molecule has 0 aliphatic carbocycles. The number of phenols is 1. The Bertz CT molecular complexity index is 1120. The van der Waals surface area contributed by atoms with Gasteiger partial charge in [-0.1, -0.05) is 24.3 Å². The second-order valence-electron chi connectivity index (χ2n) is 5.94. The zero-order valence-electron chi connectivity index (χ0n) is 14.7. The van der Waals surface area contributed by atoms with E-state index in [4.69, 9.17) is 4.42 Å². The van der Waals surface area contributed by atoms with Crippen LogP contribution in [0.5, 0.6) is 5.75 Å². The van der Waals surface area contributed by atoms with Crippen LogP contribution in [0.4, 0.5) is 0 Å². The largest absolute Gasteiger partial charge is 0.508 e. The first-order chi connectivity index (χ1) is 13.7. The van der Waals surface area contributed by atoms with Crippen molar-refractivity contribution in [3.63, 3.8) is 0 Å². The predicted molar refractivity (Wildman–Crippen MR) is 104 cm³/mol. The van der Waals surface area contributed by atoms with Crippen LogP contribution in [0, 0.1) is 0 Å². The van der Waals surface area contributed by atoms with Crippen LogP contribution in [0.25, 0.3) is 17.1 Å². The summed E-state index contributed by atoms with van der Waals surface area (Å²) in [6, 6.07) is 19.3. The van der Waals surface area contributed by atoms with Gasteiger partial charge in [-0.05, 0) is 42.5 Å². The summed E-state index contributed by atoms with van der Waals surface area (Å²) in [7, 11) is 0. The van der Waals surface area contributed by atoms with Crippen molar-refractivity contribution >= 4 is 12.1 Å². The van der Waals surface area contributed by atoms with Gasteiger partial charge in [-0.2, -0.15) is 10.2 Å². The fraction of sp³-hybridized carbons (Fsp3) is 0. The summed E-state index contributed by atoms with van der Waals surface area (Å²) in [5, 5.41) is 18.1. The van der Waals surface area contributed by atoms with Gasteiger partial charge in [-0.3, -0.25) is 4.79 Å². The highest BCUT2D eigenvalue weighted by Gasteiger charge is 2.13. The van der Waals surface area contributed by atoms with Crippen molar-refractivity contribution in [2.45, 2.75) is 0 Å². The molecule has 0 bridgehead atoms. The second-order valence-corrected chi connectivity index (χ2v) is 5.94. The van der Waals surface area contributed by atoms with Gasteiger partial charge in [-0.15, -0.1) is 0 Å². The summed E-state index contributed by atoms with van der Waals surface area (Å²) in [5.74, 6) is 0.179. The summed E-state index contributed by atoms with van der Waals surface area (Å²) < 4.78 is 7.19. The second kappa shape index (κ2) is 7.63. The average molecular weight is 372 g/mol. The number of phenolic OH excluding ortho intramolecular Hbond substituents is 1. The predicted octanol–water partition coefficient (Wildman–Crippen LogP) is 3.60. The fourth-order valence-corrected chi connectivity index (χ4v) is 2.67. The summed E-state index contributed by atoms with van der Waals surface area (Å²) in [5.41, 5.74) is 4.92. The molecule has 4 rings (SSSR count). The van der Waals surface area contributed by atoms with E-state index < -0.39 is 5.91 Å². The number of hydrazone groups is 1. The van der Waals surface area contributed by atoms with Crippen molar-refractivity contribution < 1.29 is 14.3 Å². The van der Waals surface area contributed by atoms with E-state index in [2.05, 4.69) is 15.6 Å². The Morgan fingerprint density at radius 2 is 1.96 bits per heavy atom. The van der Waals surface area contributed by atoms with Crippen LogP contribution in [0.2, 0.25) is 0 Å². The van der Waals surface area contributed by atoms with Gasteiger partial charge in [0.15, 0.2) is 5.76 Å². The number of para-hydroxylation sites is 1. The molecule has 0 saturated heterocycles. The summed E-state index contributed by atoms with van der Waals surface area (Å²) in [6.45, 7) is 0. The lowest BCUT2D eigenvalue weighted by Gasteiger charge is -2.00. The molecule has 0 fully saturated rings. The van der Waals surface area contributed by atoms with Gasteiger partial charge >= 0.3 is 0 Å². The minimum atomic E-state index is -0.429. The Morgan fingerprint density at radius 3 is 2.71 bits per heavy atom. The quantitative estimate of drug-likeness (QED) is 0.413. The molecule has 1 amide bonds. The van der Waals surface area contributed by atoms with Crippen molar-refractivity contribution in [2.75, 3.05) is 0 Å². The maximum atomic E-state index is 12.2. The van der Waals surface area contributed by atoms with Crippen LogP contribution in [0.1, 0.15) is 15.9 Å². The lowest BCUT2D eigenvalue weighted by molar-refractivity contribution is 0.0954. The maximum Gasteiger partial charge on any atom is 0.271 e. The molecule has 2 aromatic heterocycles. The summed E-state index contributed by atoms with van der Waals surface area (Å²) in [6.07, 6.45) is 4.88. The molecule has 7 nitrogen and oxygen atoms in total. The minimum absolute atomic E-state index is 0.0147. The number of rotatable bonds is 5. The third-order valence-electron chi connectivity index (χ3n) is 4.00. The van der Waals surface area contributed by atoms with E-state index in [1.54, 1.807) is 41.4 Å². The molecule has 28 heavy (non-hydrogen) atoms. The number of carbonyl (C=O) groups is 1. The number of hydrogen-bond donors (Lipinski definition) is 2. The summed E-state index contributed by atoms with van der Waals surface area (Å²) in [4.78, 5) is 12.2. The molecule has 0 unspecified atom stereocenters. The van der Waals surface area contributed by atoms with E-state index in [1.807, 2.05) is 30.3 Å². The number of amides is 1. The number of aromatic hydroxyl groups is 1. The topological polar surface area (TPSA) is 92.7 Å². The molecular weight excluding hydrogens is 356 g/mol. The van der Waals surface area contributed by atoms with E-state index in [0.29, 0.717) is 22.6 Å². The number of nitrogens with zero attached hydrogens (tertiary/aromatic N) is 3. The Morgan fingerprint density at radius 1 is 1.11 bits per heavy atom. The number of carbonyl (C=O) groups excluding carboxylic acids is 1. The molecule has 2 N–H and O–H groups in total. The van der Waals surface area contributed by atoms with Crippen LogP contribution >= 0.6 is 0 Å². The van der Waals surface area contributed by atoms with Gasteiger partial charge in [0, 0.05) is 17.3 Å². The van der Waals surface area contributed by atoms with Crippen LogP contribution in [-0.4, -0.2) is 27.0 Å².